The second-order valence-corrected chi connectivity index (χ2v) is 4.41. The van der Waals surface area contributed by atoms with E-state index in [1.54, 1.807) is 24.3 Å². The highest BCUT2D eigenvalue weighted by Gasteiger charge is 2.04. The quantitative estimate of drug-likeness (QED) is 0.666. The van der Waals surface area contributed by atoms with Gasteiger partial charge in [-0.15, -0.1) is 0 Å². The number of unbranched alkanes of at least 4 members (excludes halogenated alkanes) is 1. The highest BCUT2D eigenvalue weighted by atomic mass is 16.4. The van der Waals surface area contributed by atoms with Crippen LogP contribution in [0, 0.1) is 0 Å². The summed E-state index contributed by atoms with van der Waals surface area (Å²) in [5.41, 5.74) is 1.30. The van der Waals surface area contributed by atoms with E-state index in [9.17, 15) is 14.4 Å². The van der Waals surface area contributed by atoms with Crippen molar-refractivity contribution in [2.24, 2.45) is 0 Å². The Labute approximate surface area is 117 Å². The van der Waals surface area contributed by atoms with Crippen LogP contribution in [0.25, 0.3) is 0 Å². The molecule has 0 aliphatic heterocycles. The molecule has 108 valence electrons. The molecular formula is C14H18N2O4. The second-order valence-electron chi connectivity index (χ2n) is 4.41. The van der Waals surface area contributed by atoms with E-state index in [4.69, 9.17) is 5.11 Å². The summed E-state index contributed by atoms with van der Waals surface area (Å²) in [7, 11) is 0. The third-order valence-electron chi connectivity index (χ3n) is 2.53. The number of benzene rings is 1. The third kappa shape index (κ3) is 6.53. The summed E-state index contributed by atoms with van der Waals surface area (Å²) >= 11 is 0. The average molecular weight is 278 g/mol. The molecule has 2 amide bonds. The van der Waals surface area contributed by atoms with Gasteiger partial charge in [0.15, 0.2) is 0 Å². The summed E-state index contributed by atoms with van der Waals surface area (Å²) in [6, 6.07) is 6.78. The third-order valence-corrected chi connectivity index (χ3v) is 2.53. The van der Waals surface area contributed by atoms with Gasteiger partial charge in [0, 0.05) is 31.1 Å². The maximum Gasteiger partial charge on any atom is 0.303 e. The lowest BCUT2D eigenvalue weighted by Crippen LogP contribution is -2.11. The van der Waals surface area contributed by atoms with Crippen molar-refractivity contribution in [2.75, 3.05) is 10.6 Å². The maximum absolute atomic E-state index is 11.6. The minimum Gasteiger partial charge on any atom is -0.481 e. The van der Waals surface area contributed by atoms with Crippen molar-refractivity contribution >= 4 is 29.2 Å². The van der Waals surface area contributed by atoms with Gasteiger partial charge in [0.2, 0.25) is 11.8 Å². The molecule has 0 heterocycles. The Morgan fingerprint density at radius 3 is 1.95 bits per heavy atom. The Balaban J connectivity index is 2.34. The number of rotatable bonds is 7. The first kappa shape index (κ1) is 15.7. The van der Waals surface area contributed by atoms with Crippen molar-refractivity contribution in [1.29, 1.82) is 0 Å². The fourth-order valence-electron chi connectivity index (χ4n) is 1.63. The number of carboxylic acid groups (broad SMARTS) is 1. The van der Waals surface area contributed by atoms with Crippen LogP contribution in [0.4, 0.5) is 11.4 Å². The van der Waals surface area contributed by atoms with Crippen LogP contribution in [0.5, 0.6) is 0 Å². The first-order chi connectivity index (χ1) is 9.47. The molecule has 0 fully saturated rings. The zero-order chi connectivity index (χ0) is 15.0. The number of hydrogen-bond donors (Lipinski definition) is 3. The Hall–Kier alpha value is -2.37. The first-order valence-electron chi connectivity index (χ1n) is 6.36. The van der Waals surface area contributed by atoms with Crippen LogP contribution in [0.2, 0.25) is 0 Å². The average Bonchev–Trinajstić information content (AvgIpc) is 2.36. The van der Waals surface area contributed by atoms with E-state index >= 15 is 0 Å². The standard InChI is InChI=1S/C14H18N2O4/c1-10(17)15-11-6-8-12(9-7-11)16-13(18)4-2-3-5-14(19)20/h6-9H,2-5H2,1H3,(H,15,17)(H,16,18)(H,19,20). The van der Waals surface area contributed by atoms with Crippen molar-refractivity contribution in [3.63, 3.8) is 0 Å². The van der Waals surface area contributed by atoms with Crippen molar-refractivity contribution in [3.05, 3.63) is 24.3 Å². The molecule has 1 aromatic rings. The summed E-state index contributed by atoms with van der Waals surface area (Å²) in [4.78, 5) is 32.8. The molecule has 0 saturated carbocycles. The van der Waals surface area contributed by atoms with Crippen LogP contribution >= 0.6 is 0 Å². The number of hydrogen-bond acceptors (Lipinski definition) is 3. The lowest BCUT2D eigenvalue weighted by molar-refractivity contribution is -0.137. The molecule has 6 nitrogen and oxygen atoms in total. The summed E-state index contributed by atoms with van der Waals surface area (Å²) in [6.45, 7) is 1.42. The molecule has 0 radical (unpaired) electrons. The molecule has 0 atom stereocenters. The molecule has 1 aromatic carbocycles. The van der Waals surface area contributed by atoms with Gasteiger partial charge in [0.25, 0.3) is 0 Å². The van der Waals surface area contributed by atoms with Crippen molar-refractivity contribution in [2.45, 2.75) is 32.6 Å². The Morgan fingerprint density at radius 1 is 0.950 bits per heavy atom. The molecule has 0 aliphatic carbocycles. The summed E-state index contributed by atoms with van der Waals surface area (Å²) < 4.78 is 0. The smallest absolute Gasteiger partial charge is 0.303 e. The van der Waals surface area contributed by atoms with Gasteiger partial charge in [-0.3, -0.25) is 14.4 Å². The topological polar surface area (TPSA) is 95.5 Å². The number of anilines is 2. The molecule has 0 saturated heterocycles. The van der Waals surface area contributed by atoms with Gasteiger partial charge in [0.05, 0.1) is 0 Å². The number of nitrogens with one attached hydrogen (secondary N) is 2. The first-order valence-corrected chi connectivity index (χ1v) is 6.36. The largest absolute Gasteiger partial charge is 0.481 e. The van der Waals surface area contributed by atoms with Crippen LogP contribution in [-0.2, 0) is 14.4 Å². The fraction of sp³-hybridized carbons (Fsp3) is 0.357. The zero-order valence-corrected chi connectivity index (χ0v) is 11.3. The van der Waals surface area contributed by atoms with Gasteiger partial charge < -0.3 is 15.7 Å². The predicted octanol–water partition coefficient (Wildman–Crippen LogP) is 2.23. The Kier molecular flexibility index (Phi) is 6.22. The number of aliphatic carboxylic acids is 1. The van der Waals surface area contributed by atoms with E-state index in [1.165, 1.54) is 6.92 Å². The molecular weight excluding hydrogens is 260 g/mol. The molecule has 0 spiro atoms. The molecule has 0 unspecified atom stereocenters. The van der Waals surface area contributed by atoms with Gasteiger partial charge >= 0.3 is 5.97 Å². The minimum absolute atomic E-state index is 0.0820. The monoisotopic (exact) mass is 278 g/mol. The lowest BCUT2D eigenvalue weighted by atomic mass is 10.2. The fourth-order valence-corrected chi connectivity index (χ4v) is 1.63. The van der Waals surface area contributed by atoms with Gasteiger partial charge in [-0.05, 0) is 37.1 Å². The zero-order valence-electron chi connectivity index (χ0n) is 11.3. The number of carboxylic acids is 1. The predicted molar refractivity (Wildman–Crippen MR) is 75.5 cm³/mol. The number of carbonyl (C=O) groups excluding carboxylic acids is 2. The molecule has 6 heteroatoms. The molecule has 1 rings (SSSR count). The van der Waals surface area contributed by atoms with Crippen LogP contribution in [0.1, 0.15) is 32.6 Å². The van der Waals surface area contributed by atoms with Crippen LogP contribution in [0.3, 0.4) is 0 Å². The van der Waals surface area contributed by atoms with Crippen LogP contribution < -0.4 is 10.6 Å². The Bertz CT molecular complexity index is 482. The van der Waals surface area contributed by atoms with Crippen molar-refractivity contribution < 1.29 is 19.5 Å². The van der Waals surface area contributed by atoms with Crippen molar-refractivity contribution in [1.82, 2.24) is 0 Å². The summed E-state index contributed by atoms with van der Waals surface area (Å²) in [5.74, 6) is -1.15. The minimum atomic E-state index is -0.848. The van der Waals surface area contributed by atoms with Crippen LogP contribution in [-0.4, -0.2) is 22.9 Å². The number of carbonyl (C=O) groups is 3. The molecule has 0 aliphatic rings. The van der Waals surface area contributed by atoms with E-state index in [-0.39, 0.29) is 18.2 Å². The molecule has 0 bridgehead atoms. The highest BCUT2D eigenvalue weighted by Crippen LogP contribution is 2.14. The van der Waals surface area contributed by atoms with E-state index < -0.39 is 5.97 Å². The van der Waals surface area contributed by atoms with Gasteiger partial charge in [-0.1, -0.05) is 0 Å². The second kappa shape index (κ2) is 7.93. The normalized spacial score (nSPS) is 9.85. The van der Waals surface area contributed by atoms with Crippen molar-refractivity contribution in [3.8, 4) is 0 Å². The highest BCUT2D eigenvalue weighted by molar-refractivity contribution is 5.92. The van der Waals surface area contributed by atoms with Gasteiger partial charge in [-0.2, -0.15) is 0 Å². The maximum atomic E-state index is 11.6. The van der Waals surface area contributed by atoms with E-state index in [2.05, 4.69) is 10.6 Å². The van der Waals surface area contributed by atoms with E-state index in [0.717, 1.165) is 0 Å². The number of amides is 2. The SMILES string of the molecule is CC(=O)Nc1ccc(NC(=O)CCCCC(=O)O)cc1. The van der Waals surface area contributed by atoms with E-state index in [0.29, 0.717) is 30.6 Å². The van der Waals surface area contributed by atoms with E-state index in [1.807, 2.05) is 0 Å². The van der Waals surface area contributed by atoms with Crippen LogP contribution in [0.15, 0.2) is 24.3 Å². The van der Waals surface area contributed by atoms with Gasteiger partial charge in [0.1, 0.15) is 0 Å². The van der Waals surface area contributed by atoms with Gasteiger partial charge in [-0.25, -0.2) is 0 Å². The summed E-state index contributed by atoms with van der Waals surface area (Å²) in [6.07, 6.45) is 1.41. The summed E-state index contributed by atoms with van der Waals surface area (Å²) in [5, 5.41) is 13.8. The lowest BCUT2D eigenvalue weighted by Gasteiger charge is -2.06. The Morgan fingerprint density at radius 2 is 1.45 bits per heavy atom. The molecule has 0 aromatic heterocycles. The molecule has 20 heavy (non-hydrogen) atoms. The molecule has 3 N–H and O–H groups in total.